The van der Waals surface area contributed by atoms with Gasteiger partial charge in [-0.2, -0.15) is 5.10 Å². The van der Waals surface area contributed by atoms with E-state index >= 15 is 0 Å². The number of hydrogen-bond donors (Lipinski definition) is 2. The molecule has 7 nitrogen and oxygen atoms in total. The second-order valence-electron chi connectivity index (χ2n) is 3.98. The molecule has 0 spiro atoms. The van der Waals surface area contributed by atoms with E-state index in [0.29, 0.717) is 12.1 Å². The second kappa shape index (κ2) is 4.52. The summed E-state index contributed by atoms with van der Waals surface area (Å²) in [7, 11) is 1.76. The normalized spacial score (nSPS) is 10.8. The van der Waals surface area contributed by atoms with E-state index in [0.717, 1.165) is 4.57 Å². The lowest BCUT2D eigenvalue weighted by Gasteiger charge is -2.08. The summed E-state index contributed by atoms with van der Waals surface area (Å²) >= 11 is 0. The Bertz CT molecular complexity index is 680. The van der Waals surface area contributed by atoms with E-state index in [4.69, 9.17) is 0 Å². The van der Waals surface area contributed by atoms with Crippen LogP contribution in [0.5, 0.6) is 5.88 Å². The van der Waals surface area contributed by atoms with Crippen LogP contribution in [-0.2, 0) is 20.0 Å². The van der Waals surface area contributed by atoms with Crippen LogP contribution in [0.3, 0.4) is 0 Å². The van der Waals surface area contributed by atoms with Crippen molar-refractivity contribution < 1.29 is 5.11 Å². The second-order valence-corrected chi connectivity index (χ2v) is 3.98. The summed E-state index contributed by atoms with van der Waals surface area (Å²) in [5, 5.41) is 14.0. The van der Waals surface area contributed by atoms with Crippen molar-refractivity contribution in [3.8, 4) is 5.88 Å². The van der Waals surface area contributed by atoms with E-state index < -0.39 is 11.2 Å². The van der Waals surface area contributed by atoms with Crippen LogP contribution in [0.25, 0.3) is 0 Å². The molecule has 0 amide bonds. The van der Waals surface area contributed by atoms with E-state index in [1.165, 1.54) is 0 Å². The molecule has 0 atom stereocenters. The Morgan fingerprint density at radius 1 is 1.44 bits per heavy atom. The third-order valence-corrected chi connectivity index (χ3v) is 2.71. The summed E-state index contributed by atoms with van der Waals surface area (Å²) in [4.78, 5) is 25.3. The Morgan fingerprint density at radius 2 is 2.17 bits per heavy atom. The van der Waals surface area contributed by atoms with Crippen molar-refractivity contribution in [2.75, 3.05) is 0 Å². The number of aromatic hydroxyl groups is 1. The lowest BCUT2D eigenvalue weighted by Crippen LogP contribution is -2.32. The number of hydrogen-bond acceptors (Lipinski definition) is 4. The molecule has 2 rings (SSSR count). The highest BCUT2D eigenvalue weighted by atomic mass is 16.3. The molecule has 0 saturated carbocycles. The summed E-state index contributed by atoms with van der Waals surface area (Å²) < 4.78 is 2.70. The monoisotopic (exact) mass is 250 g/mol. The van der Waals surface area contributed by atoms with Crippen LogP contribution in [0.1, 0.15) is 18.2 Å². The predicted octanol–water partition coefficient (Wildman–Crippen LogP) is -0.414. The minimum absolute atomic E-state index is 0.120. The summed E-state index contributed by atoms with van der Waals surface area (Å²) in [5.41, 5.74) is -0.354. The Balaban J connectivity index is 2.51. The molecule has 2 N–H and O–H groups in total. The average Bonchev–Trinajstić information content (AvgIpc) is 2.70. The van der Waals surface area contributed by atoms with Crippen molar-refractivity contribution in [1.82, 2.24) is 19.3 Å². The third-order valence-electron chi connectivity index (χ3n) is 2.71. The largest absolute Gasteiger partial charge is 0.494 e. The molecule has 0 aliphatic heterocycles. The van der Waals surface area contributed by atoms with Gasteiger partial charge in [-0.1, -0.05) is 6.92 Å². The number of H-pyrrole nitrogens is 1. The van der Waals surface area contributed by atoms with Gasteiger partial charge in [0.05, 0.1) is 17.8 Å². The molecule has 0 saturated heterocycles. The fourth-order valence-corrected chi connectivity index (χ4v) is 1.78. The Morgan fingerprint density at radius 3 is 2.72 bits per heavy atom. The van der Waals surface area contributed by atoms with Gasteiger partial charge in [-0.05, 0) is 12.5 Å². The van der Waals surface area contributed by atoms with Crippen LogP contribution in [-0.4, -0.2) is 24.4 Å². The molecule has 7 heteroatoms. The molecule has 0 bridgehead atoms. The van der Waals surface area contributed by atoms with Gasteiger partial charge in [0.2, 0.25) is 5.88 Å². The number of aryl methyl sites for hydroxylation is 1. The van der Waals surface area contributed by atoms with Crippen LogP contribution in [0.4, 0.5) is 0 Å². The topological polar surface area (TPSA) is 92.9 Å². The number of aromatic nitrogens is 4. The third kappa shape index (κ3) is 2.06. The van der Waals surface area contributed by atoms with Gasteiger partial charge < -0.3 is 5.11 Å². The number of nitrogens with zero attached hydrogens (tertiary/aromatic N) is 3. The van der Waals surface area contributed by atoms with E-state index in [1.54, 1.807) is 30.9 Å². The van der Waals surface area contributed by atoms with Crippen molar-refractivity contribution >= 4 is 0 Å². The summed E-state index contributed by atoms with van der Waals surface area (Å²) in [6.07, 6.45) is 2.09. The maximum Gasteiger partial charge on any atom is 0.331 e. The van der Waals surface area contributed by atoms with Crippen LogP contribution in [0.2, 0.25) is 0 Å². The first-order chi connectivity index (χ1) is 8.52. The number of aromatic amines is 1. The summed E-state index contributed by atoms with van der Waals surface area (Å²) in [6.45, 7) is 1.86. The molecule has 18 heavy (non-hydrogen) atoms. The van der Waals surface area contributed by atoms with E-state index in [-0.39, 0.29) is 18.0 Å². The standard InChI is InChI=1S/C11H14N4O3/c1-3-8-9(16)12-11(18)15(10(8)17)6-7-4-5-14(2)13-7/h4-5,17H,3,6H2,1-2H3,(H,12,16,18). The van der Waals surface area contributed by atoms with Crippen molar-refractivity contribution in [2.24, 2.45) is 7.05 Å². The van der Waals surface area contributed by atoms with Crippen molar-refractivity contribution in [3.63, 3.8) is 0 Å². The van der Waals surface area contributed by atoms with Gasteiger partial charge in [-0.25, -0.2) is 4.79 Å². The first-order valence-corrected chi connectivity index (χ1v) is 5.56. The van der Waals surface area contributed by atoms with Crippen molar-refractivity contribution in [3.05, 3.63) is 44.4 Å². The fourth-order valence-electron chi connectivity index (χ4n) is 1.78. The zero-order valence-electron chi connectivity index (χ0n) is 10.2. The molecule has 0 fully saturated rings. The number of nitrogens with one attached hydrogen (secondary N) is 1. The molecule has 0 radical (unpaired) electrons. The molecule has 0 aromatic carbocycles. The first-order valence-electron chi connectivity index (χ1n) is 5.56. The van der Waals surface area contributed by atoms with E-state index in [2.05, 4.69) is 10.1 Å². The van der Waals surface area contributed by atoms with Crippen molar-refractivity contribution in [1.29, 1.82) is 0 Å². The Labute approximate surface area is 102 Å². The molecule has 2 aromatic heterocycles. The lowest BCUT2D eigenvalue weighted by molar-refractivity contribution is 0.400. The summed E-state index contributed by atoms with van der Waals surface area (Å²) in [6, 6.07) is 1.74. The minimum atomic E-state index is -0.639. The number of rotatable bonds is 3. The first kappa shape index (κ1) is 12.2. The Hall–Kier alpha value is -2.31. The molecule has 0 aliphatic carbocycles. The summed E-state index contributed by atoms with van der Waals surface area (Å²) in [5.74, 6) is -0.295. The lowest BCUT2D eigenvalue weighted by atomic mass is 10.2. The SMILES string of the molecule is CCc1c(O)n(Cc2ccn(C)n2)c(=O)[nH]c1=O. The fraction of sp³-hybridized carbons (Fsp3) is 0.364. The Kier molecular flexibility index (Phi) is 3.05. The minimum Gasteiger partial charge on any atom is -0.494 e. The van der Waals surface area contributed by atoms with Gasteiger partial charge in [0.15, 0.2) is 0 Å². The maximum absolute atomic E-state index is 11.7. The van der Waals surface area contributed by atoms with Crippen LogP contribution >= 0.6 is 0 Å². The highest BCUT2D eigenvalue weighted by molar-refractivity contribution is 5.23. The highest BCUT2D eigenvalue weighted by Gasteiger charge is 2.13. The van der Waals surface area contributed by atoms with Gasteiger partial charge in [0.1, 0.15) is 0 Å². The molecular formula is C11H14N4O3. The van der Waals surface area contributed by atoms with Gasteiger partial charge in [-0.3, -0.25) is 19.0 Å². The van der Waals surface area contributed by atoms with Crippen molar-refractivity contribution in [2.45, 2.75) is 19.9 Å². The molecule has 2 heterocycles. The van der Waals surface area contributed by atoms with Gasteiger partial charge >= 0.3 is 5.69 Å². The van der Waals surface area contributed by atoms with Crippen LogP contribution < -0.4 is 11.2 Å². The molecule has 0 unspecified atom stereocenters. The molecule has 2 aromatic rings. The molecule has 0 aliphatic rings. The van der Waals surface area contributed by atoms with Gasteiger partial charge in [0, 0.05) is 13.2 Å². The maximum atomic E-state index is 11.7. The van der Waals surface area contributed by atoms with Gasteiger partial charge in [0.25, 0.3) is 5.56 Å². The predicted molar refractivity (Wildman–Crippen MR) is 64.7 cm³/mol. The van der Waals surface area contributed by atoms with Gasteiger partial charge in [-0.15, -0.1) is 0 Å². The quantitative estimate of drug-likeness (QED) is 0.774. The smallest absolute Gasteiger partial charge is 0.331 e. The molecular weight excluding hydrogens is 236 g/mol. The highest BCUT2D eigenvalue weighted by Crippen LogP contribution is 2.11. The zero-order chi connectivity index (χ0) is 13.3. The zero-order valence-corrected chi connectivity index (χ0v) is 10.2. The van der Waals surface area contributed by atoms with E-state index in [9.17, 15) is 14.7 Å². The van der Waals surface area contributed by atoms with Crippen LogP contribution in [0.15, 0.2) is 21.9 Å². The molecule has 96 valence electrons. The average molecular weight is 250 g/mol. The van der Waals surface area contributed by atoms with E-state index in [1.807, 2.05) is 0 Å². The van der Waals surface area contributed by atoms with Crippen LogP contribution in [0, 0.1) is 0 Å².